The maximum Gasteiger partial charge on any atom is 0.337 e. The van der Waals surface area contributed by atoms with E-state index in [1.54, 1.807) is 17.0 Å². The number of amidine groups is 1. The predicted octanol–water partition coefficient (Wildman–Crippen LogP) is 6.59. The first kappa shape index (κ1) is 25.5. The van der Waals surface area contributed by atoms with Crippen molar-refractivity contribution in [3.05, 3.63) is 125 Å². The van der Waals surface area contributed by atoms with Crippen molar-refractivity contribution in [2.45, 2.75) is 6.42 Å². The number of methoxy groups -OCH3 is 1. The van der Waals surface area contributed by atoms with Crippen molar-refractivity contribution in [1.82, 2.24) is 14.5 Å². The fraction of sp³-hybridized carbons (Fsp3) is 0.0938. The molecule has 0 saturated carbocycles. The Labute approximate surface area is 235 Å². The zero-order chi connectivity index (χ0) is 27.5. The highest BCUT2D eigenvalue weighted by Gasteiger charge is 2.33. The number of fused-ring (bicyclic) bond motifs is 1. The topological polar surface area (TPSA) is 79.7 Å². The molecule has 1 aliphatic heterocycles. The summed E-state index contributed by atoms with van der Waals surface area (Å²) in [6.07, 6.45) is 6.53. The van der Waals surface area contributed by atoms with Crippen LogP contribution in [0.15, 0.2) is 113 Å². The van der Waals surface area contributed by atoms with Crippen molar-refractivity contribution < 1.29 is 14.3 Å². The summed E-state index contributed by atoms with van der Waals surface area (Å²) in [6.45, 7) is 0.507. The summed E-state index contributed by atoms with van der Waals surface area (Å²) >= 11 is 1.38. The number of carbonyl (C=O) groups excluding carboxylic acids is 2. The number of aromatic amines is 1. The molecule has 2 aromatic heterocycles. The van der Waals surface area contributed by atoms with E-state index in [0.717, 1.165) is 33.5 Å². The van der Waals surface area contributed by atoms with Gasteiger partial charge in [0.05, 0.1) is 23.3 Å². The van der Waals surface area contributed by atoms with Gasteiger partial charge in [-0.1, -0.05) is 36.4 Å². The molecule has 7 nitrogen and oxygen atoms in total. The molecule has 1 N–H and O–H groups in total. The molecule has 0 radical (unpaired) electrons. The van der Waals surface area contributed by atoms with Crippen LogP contribution in [0.2, 0.25) is 0 Å². The third-order valence-corrected chi connectivity index (χ3v) is 7.78. The lowest BCUT2D eigenvalue weighted by Crippen LogP contribution is -2.31. The van der Waals surface area contributed by atoms with Gasteiger partial charge in [0.25, 0.3) is 5.91 Å². The van der Waals surface area contributed by atoms with Gasteiger partial charge in [-0.2, -0.15) is 0 Å². The van der Waals surface area contributed by atoms with Crippen molar-refractivity contribution in [3.8, 4) is 5.69 Å². The number of hydrogen-bond acceptors (Lipinski definition) is 5. The van der Waals surface area contributed by atoms with Gasteiger partial charge in [-0.15, -0.1) is 0 Å². The zero-order valence-corrected chi connectivity index (χ0v) is 22.6. The third-order valence-electron chi connectivity index (χ3n) is 6.77. The van der Waals surface area contributed by atoms with Gasteiger partial charge in [-0.05, 0) is 84.4 Å². The number of nitrogens with one attached hydrogen (secondary N) is 1. The van der Waals surface area contributed by atoms with Crippen LogP contribution in [0.25, 0.3) is 22.7 Å². The van der Waals surface area contributed by atoms with Gasteiger partial charge in [-0.25, -0.2) is 9.79 Å². The third kappa shape index (κ3) is 5.09. The molecule has 8 heteroatoms. The number of rotatable bonds is 7. The smallest absolute Gasteiger partial charge is 0.337 e. The summed E-state index contributed by atoms with van der Waals surface area (Å²) in [5.74, 6) is -0.458. The van der Waals surface area contributed by atoms with Crippen LogP contribution in [0.3, 0.4) is 0 Å². The van der Waals surface area contributed by atoms with E-state index >= 15 is 0 Å². The van der Waals surface area contributed by atoms with E-state index in [9.17, 15) is 9.59 Å². The highest BCUT2D eigenvalue weighted by Crippen LogP contribution is 2.35. The molecule has 0 atom stereocenters. The number of ether oxygens (including phenoxy) is 1. The van der Waals surface area contributed by atoms with E-state index in [2.05, 4.69) is 17.1 Å². The first-order chi connectivity index (χ1) is 19.6. The Hall–Kier alpha value is -4.82. The fourth-order valence-corrected chi connectivity index (χ4v) is 5.74. The predicted molar refractivity (Wildman–Crippen MR) is 160 cm³/mol. The summed E-state index contributed by atoms with van der Waals surface area (Å²) < 4.78 is 6.78. The molecule has 198 valence electrons. The van der Waals surface area contributed by atoms with Crippen molar-refractivity contribution in [1.29, 1.82) is 0 Å². The van der Waals surface area contributed by atoms with E-state index < -0.39 is 0 Å². The number of carbonyl (C=O) groups is 2. The number of aliphatic imine (C=N–C) groups is 1. The van der Waals surface area contributed by atoms with E-state index in [-0.39, 0.29) is 11.9 Å². The van der Waals surface area contributed by atoms with Crippen LogP contribution in [0.1, 0.15) is 21.6 Å². The Morgan fingerprint density at radius 3 is 2.55 bits per heavy atom. The van der Waals surface area contributed by atoms with Gasteiger partial charge < -0.3 is 14.3 Å². The Morgan fingerprint density at radius 1 is 0.975 bits per heavy atom. The lowest BCUT2D eigenvalue weighted by atomic mass is 10.1. The summed E-state index contributed by atoms with van der Waals surface area (Å²) in [7, 11) is 1.36. The van der Waals surface area contributed by atoms with Gasteiger partial charge in [0, 0.05) is 41.2 Å². The molecular weight excluding hydrogens is 520 g/mol. The van der Waals surface area contributed by atoms with E-state index in [1.807, 2.05) is 89.8 Å². The number of nitrogens with zero attached hydrogens (tertiary/aromatic N) is 3. The summed E-state index contributed by atoms with van der Waals surface area (Å²) in [6, 6.07) is 28.9. The average molecular weight is 547 g/mol. The lowest BCUT2D eigenvalue weighted by Gasteiger charge is -2.15. The summed E-state index contributed by atoms with van der Waals surface area (Å²) in [5, 5.41) is 1.82. The number of hydrogen-bond donors (Lipinski definition) is 1. The second-order valence-corrected chi connectivity index (χ2v) is 10.3. The Kier molecular flexibility index (Phi) is 7.08. The molecule has 6 rings (SSSR count). The summed E-state index contributed by atoms with van der Waals surface area (Å²) in [5.41, 5.74) is 5.24. The monoisotopic (exact) mass is 546 g/mol. The molecule has 1 saturated heterocycles. The minimum atomic E-state index is -0.382. The molecular formula is C32H26N4O3S. The number of esters is 1. The van der Waals surface area contributed by atoms with Crippen LogP contribution >= 0.6 is 11.8 Å². The van der Waals surface area contributed by atoms with Crippen LogP contribution < -0.4 is 0 Å². The highest BCUT2D eigenvalue weighted by molar-refractivity contribution is 8.18. The SMILES string of the molecule is COC(=O)c1ccc(-n2cccc2C=C2SC(=Nc3ccccc3)N(CCc3c[nH]c4ccccc34)C2=O)cc1. The normalized spacial score (nSPS) is 15.4. The molecule has 1 fully saturated rings. The minimum Gasteiger partial charge on any atom is -0.465 e. The number of H-pyrrole nitrogens is 1. The van der Waals surface area contributed by atoms with Crippen molar-refractivity contribution in [3.63, 3.8) is 0 Å². The second kappa shape index (κ2) is 11.1. The molecule has 3 aromatic carbocycles. The molecule has 0 unspecified atom stereocenters. The maximum absolute atomic E-state index is 13.7. The van der Waals surface area contributed by atoms with E-state index in [1.165, 1.54) is 18.9 Å². The quantitative estimate of drug-likeness (QED) is 0.184. The van der Waals surface area contributed by atoms with Crippen molar-refractivity contribution >= 4 is 51.5 Å². The zero-order valence-electron chi connectivity index (χ0n) is 21.8. The Bertz CT molecular complexity index is 1750. The van der Waals surface area contributed by atoms with Crippen LogP contribution in [-0.2, 0) is 16.0 Å². The molecule has 0 spiro atoms. The summed E-state index contributed by atoms with van der Waals surface area (Å²) in [4.78, 5) is 36.1. The van der Waals surface area contributed by atoms with Crippen molar-refractivity contribution in [2.75, 3.05) is 13.7 Å². The van der Waals surface area contributed by atoms with Gasteiger partial charge >= 0.3 is 5.97 Å². The molecule has 1 amide bonds. The average Bonchev–Trinajstić information content (AvgIpc) is 3.70. The first-order valence-corrected chi connectivity index (χ1v) is 13.7. The van der Waals surface area contributed by atoms with Crippen molar-refractivity contribution in [2.24, 2.45) is 4.99 Å². The van der Waals surface area contributed by atoms with E-state index in [4.69, 9.17) is 9.73 Å². The molecule has 0 aliphatic carbocycles. The Morgan fingerprint density at radius 2 is 1.75 bits per heavy atom. The van der Waals surface area contributed by atoms with Gasteiger partial charge in [0.2, 0.25) is 0 Å². The number of amides is 1. The molecule has 3 heterocycles. The van der Waals surface area contributed by atoms with Crippen LogP contribution in [-0.4, -0.2) is 45.1 Å². The number of thioether (sulfide) groups is 1. The molecule has 5 aromatic rings. The fourth-order valence-electron chi connectivity index (χ4n) is 4.73. The lowest BCUT2D eigenvalue weighted by molar-refractivity contribution is -0.122. The molecule has 40 heavy (non-hydrogen) atoms. The number of para-hydroxylation sites is 2. The largest absolute Gasteiger partial charge is 0.465 e. The number of benzene rings is 3. The van der Waals surface area contributed by atoms with Gasteiger partial charge in [0.1, 0.15) is 0 Å². The maximum atomic E-state index is 13.7. The standard InChI is InChI=1S/C32H26N4O3S/c1-39-31(38)22-13-15-25(16-14-22)35-18-7-10-26(35)20-29-30(37)36(32(40-29)34-24-8-3-2-4-9-24)19-17-23-21-33-28-12-6-5-11-27(23)28/h2-16,18,20-21,33H,17,19H2,1H3. The Balaban J connectivity index is 1.30. The van der Waals surface area contributed by atoms with Gasteiger partial charge in [0.15, 0.2) is 5.17 Å². The van der Waals surface area contributed by atoms with Crippen LogP contribution in [0.4, 0.5) is 5.69 Å². The van der Waals surface area contributed by atoms with Crippen LogP contribution in [0, 0.1) is 0 Å². The van der Waals surface area contributed by atoms with E-state index in [0.29, 0.717) is 28.6 Å². The van der Waals surface area contributed by atoms with Crippen LogP contribution in [0.5, 0.6) is 0 Å². The molecule has 1 aliphatic rings. The number of aromatic nitrogens is 2. The molecule has 0 bridgehead atoms. The minimum absolute atomic E-state index is 0.0756. The highest BCUT2D eigenvalue weighted by atomic mass is 32.2. The van der Waals surface area contributed by atoms with Gasteiger partial charge in [-0.3, -0.25) is 9.69 Å². The second-order valence-electron chi connectivity index (χ2n) is 9.25. The first-order valence-electron chi connectivity index (χ1n) is 12.9.